The molecule has 4 nitrogen and oxygen atoms in total. The number of piperidine rings is 2. The predicted molar refractivity (Wildman–Crippen MR) is 73.9 cm³/mol. The Labute approximate surface area is 115 Å². The first kappa shape index (κ1) is 14.6. The van der Waals surface area contributed by atoms with Crippen LogP contribution in [0.3, 0.4) is 0 Å². The highest BCUT2D eigenvalue weighted by Gasteiger charge is 2.36. The summed E-state index contributed by atoms with van der Waals surface area (Å²) >= 11 is 6.15. The monoisotopic (exact) mass is 294 g/mol. The second-order valence-electron chi connectivity index (χ2n) is 5.73. The maximum atomic E-state index is 12.5. The zero-order valence-electron chi connectivity index (χ0n) is 11.2. The summed E-state index contributed by atoms with van der Waals surface area (Å²) in [5, 5.41) is 0.109. The van der Waals surface area contributed by atoms with E-state index in [1.54, 1.807) is 8.61 Å². The van der Waals surface area contributed by atoms with Crippen LogP contribution in [0.4, 0.5) is 0 Å². The summed E-state index contributed by atoms with van der Waals surface area (Å²) in [5.41, 5.74) is 0. The fourth-order valence-corrected chi connectivity index (χ4v) is 4.60. The van der Waals surface area contributed by atoms with Crippen LogP contribution in [0.5, 0.6) is 0 Å². The molecule has 106 valence electrons. The van der Waals surface area contributed by atoms with E-state index in [0.717, 1.165) is 19.3 Å². The third kappa shape index (κ3) is 3.00. The first-order valence-electron chi connectivity index (χ1n) is 6.80. The van der Waals surface area contributed by atoms with Crippen LogP contribution in [0.1, 0.15) is 33.1 Å². The lowest BCUT2D eigenvalue weighted by atomic mass is 10.0. The molecule has 0 bridgehead atoms. The number of hydrogen-bond acceptors (Lipinski definition) is 2. The summed E-state index contributed by atoms with van der Waals surface area (Å²) in [6.45, 7) is 6.66. The van der Waals surface area contributed by atoms with E-state index in [9.17, 15) is 8.42 Å². The molecule has 2 heterocycles. The highest BCUT2D eigenvalue weighted by Crippen LogP contribution is 2.27. The molecule has 0 amide bonds. The van der Waals surface area contributed by atoms with Crippen molar-refractivity contribution in [2.24, 2.45) is 11.8 Å². The molecule has 18 heavy (non-hydrogen) atoms. The summed E-state index contributed by atoms with van der Waals surface area (Å²) < 4.78 is 28.3. The van der Waals surface area contributed by atoms with E-state index in [1.807, 2.05) is 6.92 Å². The van der Waals surface area contributed by atoms with Gasteiger partial charge in [-0.3, -0.25) is 0 Å². The first-order chi connectivity index (χ1) is 8.41. The van der Waals surface area contributed by atoms with Gasteiger partial charge in [0.15, 0.2) is 0 Å². The number of alkyl halides is 1. The van der Waals surface area contributed by atoms with Crippen molar-refractivity contribution in [3.8, 4) is 0 Å². The van der Waals surface area contributed by atoms with Crippen LogP contribution >= 0.6 is 11.6 Å². The summed E-state index contributed by atoms with van der Waals surface area (Å²) in [6.07, 6.45) is 2.70. The molecule has 0 aromatic rings. The third-order valence-electron chi connectivity index (χ3n) is 4.16. The first-order valence-corrected chi connectivity index (χ1v) is 8.64. The predicted octanol–water partition coefficient (Wildman–Crippen LogP) is 1.91. The molecule has 2 aliphatic rings. The Morgan fingerprint density at radius 1 is 1.00 bits per heavy atom. The highest BCUT2D eigenvalue weighted by molar-refractivity contribution is 7.86. The van der Waals surface area contributed by atoms with Gasteiger partial charge in [-0.15, -0.1) is 11.6 Å². The Kier molecular flexibility index (Phi) is 4.57. The van der Waals surface area contributed by atoms with Crippen LogP contribution in [0.2, 0.25) is 0 Å². The minimum absolute atomic E-state index is 0.109. The number of halogens is 1. The molecule has 0 aromatic carbocycles. The SMILES string of the molecule is CC1CCN(S(=O)(=O)N2CCC(Cl)C(C)C2)CC1. The Morgan fingerprint density at radius 2 is 1.56 bits per heavy atom. The zero-order chi connectivity index (χ0) is 13.3. The lowest BCUT2D eigenvalue weighted by molar-refractivity contribution is 0.235. The second kappa shape index (κ2) is 5.65. The van der Waals surface area contributed by atoms with Gasteiger partial charge in [-0.2, -0.15) is 17.0 Å². The summed E-state index contributed by atoms with van der Waals surface area (Å²) in [7, 11) is -3.26. The Morgan fingerprint density at radius 3 is 2.11 bits per heavy atom. The Hall–Kier alpha value is 0.160. The molecule has 2 rings (SSSR count). The summed E-state index contributed by atoms with van der Waals surface area (Å²) in [6, 6.07) is 0. The van der Waals surface area contributed by atoms with Crippen molar-refractivity contribution in [1.29, 1.82) is 0 Å². The van der Waals surface area contributed by atoms with Gasteiger partial charge in [0.25, 0.3) is 10.2 Å². The summed E-state index contributed by atoms with van der Waals surface area (Å²) in [4.78, 5) is 0. The van der Waals surface area contributed by atoms with Crippen LogP contribution in [-0.2, 0) is 10.2 Å². The van der Waals surface area contributed by atoms with E-state index in [4.69, 9.17) is 11.6 Å². The molecule has 2 atom stereocenters. The van der Waals surface area contributed by atoms with Crippen LogP contribution in [0.25, 0.3) is 0 Å². The average Bonchev–Trinajstić information content (AvgIpc) is 2.33. The van der Waals surface area contributed by atoms with Gasteiger partial charge in [-0.05, 0) is 31.1 Å². The molecule has 0 aromatic heterocycles. The van der Waals surface area contributed by atoms with Crippen molar-refractivity contribution in [2.75, 3.05) is 26.2 Å². The lowest BCUT2D eigenvalue weighted by Gasteiger charge is -2.38. The smallest absolute Gasteiger partial charge is 0.195 e. The minimum Gasteiger partial charge on any atom is -0.195 e. The topological polar surface area (TPSA) is 40.6 Å². The van der Waals surface area contributed by atoms with Crippen molar-refractivity contribution in [3.63, 3.8) is 0 Å². The molecular weight excluding hydrogens is 272 g/mol. The summed E-state index contributed by atoms with van der Waals surface area (Å²) in [5.74, 6) is 0.878. The van der Waals surface area contributed by atoms with Gasteiger partial charge < -0.3 is 0 Å². The van der Waals surface area contributed by atoms with Gasteiger partial charge in [-0.1, -0.05) is 13.8 Å². The molecule has 0 aliphatic carbocycles. The van der Waals surface area contributed by atoms with Gasteiger partial charge in [0.05, 0.1) is 0 Å². The van der Waals surface area contributed by atoms with Gasteiger partial charge in [-0.25, -0.2) is 0 Å². The third-order valence-corrected chi connectivity index (χ3v) is 6.81. The van der Waals surface area contributed by atoms with E-state index >= 15 is 0 Å². The zero-order valence-corrected chi connectivity index (χ0v) is 12.8. The number of hydrogen-bond donors (Lipinski definition) is 0. The van der Waals surface area contributed by atoms with Crippen molar-refractivity contribution in [2.45, 2.75) is 38.5 Å². The minimum atomic E-state index is -3.26. The van der Waals surface area contributed by atoms with E-state index in [0.29, 0.717) is 32.1 Å². The average molecular weight is 295 g/mol. The molecule has 2 aliphatic heterocycles. The fourth-order valence-electron chi connectivity index (χ4n) is 2.67. The Balaban J connectivity index is 2.02. The number of nitrogens with zero attached hydrogens (tertiary/aromatic N) is 2. The van der Waals surface area contributed by atoms with Gasteiger partial charge in [0.2, 0.25) is 0 Å². The molecule has 2 saturated heterocycles. The molecule has 2 unspecified atom stereocenters. The maximum Gasteiger partial charge on any atom is 0.281 e. The molecule has 0 N–H and O–H groups in total. The molecule has 6 heteroatoms. The molecular formula is C12H23ClN2O2S. The number of rotatable bonds is 2. The highest BCUT2D eigenvalue weighted by atomic mass is 35.5. The van der Waals surface area contributed by atoms with Crippen molar-refractivity contribution >= 4 is 21.8 Å². The van der Waals surface area contributed by atoms with Crippen molar-refractivity contribution < 1.29 is 8.42 Å². The normalized spacial score (nSPS) is 33.7. The van der Waals surface area contributed by atoms with Gasteiger partial charge >= 0.3 is 0 Å². The van der Waals surface area contributed by atoms with Gasteiger partial charge in [0, 0.05) is 31.6 Å². The van der Waals surface area contributed by atoms with E-state index in [2.05, 4.69) is 6.92 Å². The van der Waals surface area contributed by atoms with E-state index in [-0.39, 0.29) is 11.3 Å². The van der Waals surface area contributed by atoms with Crippen LogP contribution < -0.4 is 0 Å². The quantitative estimate of drug-likeness (QED) is 0.730. The van der Waals surface area contributed by atoms with Crippen LogP contribution in [0, 0.1) is 11.8 Å². The van der Waals surface area contributed by atoms with E-state index in [1.165, 1.54) is 0 Å². The van der Waals surface area contributed by atoms with Crippen LogP contribution in [0.15, 0.2) is 0 Å². The van der Waals surface area contributed by atoms with Crippen LogP contribution in [-0.4, -0.2) is 48.6 Å². The second-order valence-corrected chi connectivity index (χ2v) is 8.22. The molecule has 0 radical (unpaired) electrons. The fraction of sp³-hybridized carbons (Fsp3) is 1.00. The maximum absolute atomic E-state index is 12.5. The van der Waals surface area contributed by atoms with E-state index < -0.39 is 10.2 Å². The van der Waals surface area contributed by atoms with Crippen molar-refractivity contribution in [3.05, 3.63) is 0 Å². The molecule has 0 saturated carbocycles. The van der Waals surface area contributed by atoms with Gasteiger partial charge in [0.1, 0.15) is 0 Å². The molecule has 0 spiro atoms. The standard InChI is InChI=1S/C12H23ClN2O2S/c1-10-3-6-14(7-4-10)18(16,17)15-8-5-12(13)11(2)9-15/h10-12H,3-9H2,1-2H3. The largest absolute Gasteiger partial charge is 0.281 e. The lowest BCUT2D eigenvalue weighted by Crippen LogP contribution is -2.51. The Bertz CT molecular complexity index is 380. The molecule has 2 fully saturated rings. The van der Waals surface area contributed by atoms with Crippen molar-refractivity contribution in [1.82, 2.24) is 8.61 Å².